The maximum atomic E-state index is 12.5. The molecule has 2 aliphatic rings. The zero-order valence-corrected chi connectivity index (χ0v) is 16.2. The molecule has 1 N–H and O–H groups in total. The predicted molar refractivity (Wildman–Crippen MR) is 104 cm³/mol. The molecule has 1 unspecified atom stereocenters. The van der Waals surface area contributed by atoms with Gasteiger partial charge in [-0.15, -0.1) is 0 Å². The van der Waals surface area contributed by atoms with E-state index in [1.807, 2.05) is 30.3 Å². The molecule has 1 aromatic carbocycles. The van der Waals surface area contributed by atoms with E-state index in [1.54, 1.807) is 0 Å². The Hall–Kier alpha value is -1.43. The summed E-state index contributed by atoms with van der Waals surface area (Å²) < 4.78 is 17.4. The van der Waals surface area contributed by atoms with Crippen molar-refractivity contribution in [1.29, 1.82) is 0 Å². The van der Waals surface area contributed by atoms with Crippen LogP contribution in [-0.2, 0) is 19.0 Å². The molecule has 1 saturated heterocycles. The Bertz CT molecular complexity index is 539. The molecule has 1 amide bonds. The maximum Gasteiger partial charge on any atom is 0.223 e. The minimum absolute atomic E-state index is 0.0940. The van der Waals surface area contributed by atoms with Gasteiger partial charge in [0.05, 0.1) is 19.3 Å². The first-order valence-electron chi connectivity index (χ1n) is 10.5. The molecule has 27 heavy (non-hydrogen) atoms. The fourth-order valence-corrected chi connectivity index (χ4v) is 3.86. The molecule has 1 aromatic rings. The summed E-state index contributed by atoms with van der Waals surface area (Å²) in [6.07, 6.45) is 8.59. The fourth-order valence-electron chi connectivity index (χ4n) is 3.86. The van der Waals surface area contributed by atoms with Gasteiger partial charge in [-0.25, -0.2) is 0 Å². The molecule has 1 aliphatic carbocycles. The van der Waals surface area contributed by atoms with E-state index in [0.29, 0.717) is 19.8 Å². The highest BCUT2D eigenvalue weighted by atomic mass is 16.7. The van der Waals surface area contributed by atoms with Crippen molar-refractivity contribution in [2.45, 2.75) is 63.8 Å². The second kappa shape index (κ2) is 11.4. The van der Waals surface area contributed by atoms with Crippen molar-refractivity contribution in [2.75, 3.05) is 26.4 Å². The van der Waals surface area contributed by atoms with E-state index in [2.05, 4.69) is 5.32 Å². The van der Waals surface area contributed by atoms with Crippen molar-refractivity contribution in [3.8, 4) is 0 Å². The summed E-state index contributed by atoms with van der Waals surface area (Å²) in [6, 6.07) is 10.1. The maximum absolute atomic E-state index is 12.5. The number of hydrogen-bond donors (Lipinski definition) is 1. The van der Waals surface area contributed by atoms with E-state index < -0.39 is 0 Å². The molecule has 5 nitrogen and oxygen atoms in total. The highest BCUT2D eigenvalue weighted by Crippen LogP contribution is 2.24. The normalized spacial score (nSPS) is 22.3. The van der Waals surface area contributed by atoms with Gasteiger partial charge in [-0.05, 0) is 37.7 Å². The van der Waals surface area contributed by atoms with Crippen LogP contribution in [0.15, 0.2) is 30.3 Å². The number of rotatable bonds is 9. The first-order chi connectivity index (χ1) is 13.3. The number of hydrogen-bond acceptors (Lipinski definition) is 4. The standard InChI is InChI=1S/C22H33NO4/c24-22(19-11-5-2-6-12-19)23-17-20(18-9-3-1-4-10-18)25-15-16-27-21-13-7-8-14-26-21/h1,3-4,9-10,19-21H,2,5-8,11-17H2,(H,23,24)/t20-,21?/m1/s1. The molecular weight excluding hydrogens is 342 g/mol. The van der Waals surface area contributed by atoms with Crippen molar-refractivity contribution in [1.82, 2.24) is 5.32 Å². The van der Waals surface area contributed by atoms with Crippen molar-refractivity contribution in [2.24, 2.45) is 5.92 Å². The summed E-state index contributed by atoms with van der Waals surface area (Å²) in [5.74, 6) is 0.341. The van der Waals surface area contributed by atoms with Gasteiger partial charge >= 0.3 is 0 Å². The Labute approximate surface area is 162 Å². The van der Waals surface area contributed by atoms with Crippen molar-refractivity contribution in [3.05, 3.63) is 35.9 Å². The van der Waals surface area contributed by atoms with Gasteiger partial charge < -0.3 is 19.5 Å². The quantitative estimate of drug-likeness (QED) is 0.663. The van der Waals surface area contributed by atoms with Gasteiger partial charge in [0.15, 0.2) is 6.29 Å². The van der Waals surface area contributed by atoms with E-state index in [4.69, 9.17) is 14.2 Å². The highest BCUT2D eigenvalue weighted by Gasteiger charge is 2.22. The van der Waals surface area contributed by atoms with Crippen molar-refractivity contribution < 1.29 is 19.0 Å². The van der Waals surface area contributed by atoms with E-state index in [-0.39, 0.29) is 24.2 Å². The molecule has 1 saturated carbocycles. The van der Waals surface area contributed by atoms with Gasteiger partial charge in [0, 0.05) is 19.1 Å². The van der Waals surface area contributed by atoms with Gasteiger partial charge in [-0.2, -0.15) is 0 Å². The summed E-state index contributed by atoms with van der Waals surface area (Å²) >= 11 is 0. The van der Waals surface area contributed by atoms with Gasteiger partial charge in [-0.3, -0.25) is 4.79 Å². The van der Waals surface area contributed by atoms with Crippen molar-refractivity contribution in [3.63, 3.8) is 0 Å². The predicted octanol–water partition coefficient (Wildman–Crippen LogP) is 3.98. The Morgan fingerprint density at radius 1 is 1.04 bits per heavy atom. The number of nitrogens with one attached hydrogen (secondary N) is 1. The van der Waals surface area contributed by atoms with E-state index in [9.17, 15) is 4.79 Å². The highest BCUT2D eigenvalue weighted by molar-refractivity contribution is 5.78. The fraction of sp³-hybridized carbons (Fsp3) is 0.682. The lowest BCUT2D eigenvalue weighted by atomic mass is 9.88. The van der Waals surface area contributed by atoms with E-state index in [1.165, 1.54) is 6.42 Å². The molecule has 0 aromatic heterocycles. The van der Waals surface area contributed by atoms with Crippen molar-refractivity contribution >= 4 is 5.91 Å². The molecule has 2 atom stereocenters. The number of amides is 1. The topological polar surface area (TPSA) is 56.8 Å². The molecule has 0 spiro atoms. The Kier molecular flexibility index (Phi) is 8.59. The molecule has 1 aliphatic heterocycles. The van der Waals surface area contributed by atoms with Crippen LogP contribution in [-0.4, -0.2) is 38.6 Å². The largest absolute Gasteiger partial charge is 0.369 e. The van der Waals surface area contributed by atoms with E-state index in [0.717, 1.165) is 57.1 Å². The van der Waals surface area contributed by atoms with Crippen LogP contribution < -0.4 is 5.32 Å². The lowest BCUT2D eigenvalue weighted by Crippen LogP contribution is -2.35. The van der Waals surface area contributed by atoms with Gasteiger partial charge in [0.25, 0.3) is 0 Å². The summed E-state index contributed by atoms with van der Waals surface area (Å²) in [5.41, 5.74) is 1.08. The second-order valence-electron chi connectivity index (χ2n) is 7.52. The summed E-state index contributed by atoms with van der Waals surface area (Å²) in [5, 5.41) is 3.11. The minimum Gasteiger partial charge on any atom is -0.369 e. The van der Waals surface area contributed by atoms with Crippen LogP contribution in [0.5, 0.6) is 0 Å². The van der Waals surface area contributed by atoms with Crippen LogP contribution in [0, 0.1) is 5.92 Å². The van der Waals surface area contributed by atoms with Gasteiger partial charge in [0.2, 0.25) is 5.91 Å². The van der Waals surface area contributed by atoms with E-state index >= 15 is 0 Å². The summed E-state index contributed by atoms with van der Waals surface area (Å²) in [7, 11) is 0. The van der Waals surface area contributed by atoms with Crippen LogP contribution in [0.4, 0.5) is 0 Å². The molecular formula is C22H33NO4. The second-order valence-corrected chi connectivity index (χ2v) is 7.52. The Balaban J connectivity index is 1.44. The first kappa shape index (κ1) is 20.3. The Morgan fingerprint density at radius 3 is 2.56 bits per heavy atom. The SMILES string of the molecule is O=C(NC[C@@H](OCCOC1CCCCO1)c1ccccc1)C1CCCCC1. The van der Waals surface area contributed by atoms with Crippen LogP contribution in [0.2, 0.25) is 0 Å². The lowest BCUT2D eigenvalue weighted by molar-refractivity contribution is -0.171. The number of ether oxygens (including phenoxy) is 3. The zero-order valence-electron chi connectivity index (χ0n) is 16.2. The third kappa shape index (κ3) is 6.91. The third-order valence-electron chi connectivity index (χ3n) is 5.45. The van der Waals surface area contributed by atoms with Crippen LogP contribution >= 0.6 is 0 Å². The molecule has 3 rings (SSSR count). The molecule has 2 fully saturated rings. The molecule has 150 valence electrons. The average Bonchev–Trinajstić information content (AvgIpc) is 2.75. The minimum atomic E-state index is -0.158. The third-order valence-corrected chi connectivity index (χ3v) is 5.45. The number of carbonyl (C=O) groups excluding carboxylic acids is 1. The zero-order chi connectivity index (χ0) is 18.7. The van der Waals surface area contributed by atoms with Crippen LogP contribution in [0.3, 0.4) is 0 Å². The van der Waals surface area contributed by atoms with Crippen LogP contribution in [0.25, 0.3) is 0 Å². The number of benzene rings is 1. The molecule has 5 heteroatoms. The van der Waals surface area contributed by atoms with Crippen LogP contribution in [0.1, 0.15) is 63.0 Å². The molecule has 0 bridgehead atoms. The first-order valence-corrected chi connectivity index (χ1v) is 10.5. The summed E-state index contributed by atoms with van der Waals surface area (Å²) in [6.45, 7) is 2.27. The monoisotopic (exact) mass is 375 g/mol. The van der Waals surface area contributed by atoms with Gasteiger partial charge in [-0.1, -0.05) is 49.6 Å². The molecule has 0 radical (unpaired) electrons. The Morgan fingerprint density at radius 2 is 1.81 bits per heavy atom. The van der Waals surface area contributed by atoms with Gasteiger partial charge in [0.1, 0.15) is 0 Å². The smallest absolute Gasteiger partial charge is 0.223 e. The average molecular weight is 376 g/mol. The molecule has 1 heterocycles. The lowest BCUT2D eigenvalue weighted by Gasteiger charge is -2.25. The number of carbonyl (C=O) groups is 1. The summed E-state index contributed by atoms with van der Waals surface area (Å²) in [4.78, 5) is 12.5.